The Kier molecular flexibility index (Phi) is 8.27. The van der Waals surface area contributed by atoms with E-state index in [1.807, 2.05) is 11.9 Å². The van der Waals surface area contributed by atoms with Gasteiger partial charge < -0.3 is 10.6 Å². The van der Waals surface area contributed by atoms with Crippen molar-refractivity contribution in [2.75, 3.05) is 32.7 Å². The van der Waals surface area contributed by atoms with Gasteiger partial charge in [-0.2, -0.15) is 0 Å². The number of rotatable bonds is 10. The van der Waals surface area contributed by atoms with Crippen LogP contribution in [0, 0.1) is 12.3 Å². The average molecular weight is 465 g/mol. The first-order valence-corrected chi connectivity index (χ1v) is 12.6. The van der Waals surface area contributed by atoms with Crippen LogP contribution in [0.2, 0.25) is 0 Å². The molecule has 2 aromatic rings. The van der Waals surface area contributed by atoms with Crippen molar-refractivity contribution >= 4 is 34.5 Å². The molecule has 7 heteroatoms. The summed E-state index contributed by atoms with van der Waals surface area (Å²) in [5.41, 5.74) is 1.37. The Hall–Kier alpha value is -2.53. The summed E-state index contributed by atoms with van der Waals surface area (Å²) in [7, 11) is 0. The van der Waals surface area contributed by atoms with Crippen LogP contribution in [-0.2, 0) is 16.1 Å². The van der Waals surface area contributed by atoms with Crippen LogP contribution in [0.15, 0.2) is 42.5 Å². The molecule has 1 aliphatic carbocycles. The molecule has 6 nitrogen and oxygen atoms in total. The maximum absolute atomic E-state index is 12.5. The van der Waals surface area contributed by atoms with Gasteiger partial charge in [-0.15, -0.1) is 6.42 Å². The van der Waals surface area contributed by atoms with Crippen LogP contribution in [-0.4, -0.2) is 65.0 Å². The van der Waals surface area contributed by atoms with Gasteiger partial charge in [0, 0.05) is 30.9 Å². The van der Waals surface area contributed by atoms with Gasteiger partial charge >= 0.3 is 0 Å². The van der Waals surface area contributed by atoms with E-state index in [-0.39, 0.29) is 24.9 Å². The fourth-order valence-electron chi connectivity index (χ4n) is 4.24. The molecule has 1 aliphatic heterocycles. The van der Waals surface area contributed by atoms with Gasteiger partial charge in [0.1, 0.15) is 0 Å². The molecule has 0 aromatic heterocycles. The van der Waals surface area contributed by atoms with Crippen LogP contribution in [0.4, 0.5) is 0 Å². The number of carbonyl (C=O) groups excluding carboxylic acids is 2. The number of fused-ring (bicyclic) bond motifs is 1. The summed E-state index contributed by atoms with van der Waals surface area (Å²) >= 11 is 1.83. The van der Waals surface area contributed by atoms with E-state index in [0.29, 0.717) is 17.8 Å². The number of amides is 2. The van der Waals surface area contributed by atoms with Crippen molar-refractivity contribution in [3.8, 4) is 12.3 Å². The smallest absolute Gasteiger partial charge is 0.240 e. The van der Waals surface area contributed by atoms with Crippen LogP contribution in [0.1, 0.15) is 31.2 Å². The lowest BCUT2D eigenvalue weighted by molar-refractivity contribution is -0.126. The first-order valence-electron chi connectivity index (χ1n) is 11.7. The highest BCUT2D eigenvalue weighted by atomic mass is 32.2. The standard InChI is InChI=1S/C26H32N4O2S/c1-2-14-27-25(31)17-28-26(32)19-30(33-23-10-11-23)22-12-15-29(16-13-22)18-21-8-5-7-20-6-3-4-9-24(20)21/h1,3-9,22-23H,10-19H2,(H,27,31)(H,28,32). The topological polar surface area (TPSA) is 64.7 Å². The molecule has 33 heavy (non-hydrogen) atoms. The first kappa shape index (κ1) is 23.6. The lowest BCUT2D eigenvalue weighted by Gasteiger charge is -2.37. The Morgan fingerprint density at radius 3 is 2.55 bits per heavy atom. The maximum atomic E-state index is 12.5. The zero-order chi connectivity index (χ0) is 23.0. The molecule has 0 spiro atoms. The third-order valence-electron chi connectivity index (χ3n) is 6.18. The van der Waals surface area contributed by atoms with Crippen molar-refractivity contribution in [1.29, 1.82) is 0 Å². The molecule has 1 saturated heterocycles. The predicted octanol–water partition coefficient (Wildman–Crippen LogP) is 2.78. The largest absolute Gasteiger partial charge is 0.346 e. The van der Waals surface area contributed by atoms with Crippen molar-refractivity contribution in [1.82, 2.24) is 19.8 Å². The monoisotopic (exact) mass is 464 g/mol. The van der Waals surface area contributed by atoms with Crippen LogP contribution in [0.25, 0.3) is 10.8 Å². The molecule has 2 N–H and O–H groups in total. The van der Waals surface area contributed by atoms with Gasteiger partial charge in [-0.3, -0.25) is 14.5 Å². The lowest BCUT2D eigenvalue weighted by Crippen LogP contribution is -2.46. The quantitative estimate of drug-likeness (QED) is 0.418. The van der Waals surface area contributed by atoms with Crippen molar-refractivity contribution in [2.24, 2.45) is 0 Å². The molecule has 174 valence electrons. The summed E-state index contributed by atoms with van der Waals surface area (Å²) < 4.78 is 2.27. The maximum Gasteiger partial charge on any atom is 0.240 e. The zero-order valence-electron chi connectivity index (χ0n) is 19.0. The molecule has 0 radical (unpaired) electrons. The summed E-state index contributed by atoms with van der Waals surface area (Å²) in [6, 6.07) is 15.5. The number of hydrogen-bond acceptors (Lipinski definition) is 5. The number of benzene rings is 2. The Morgan fingerprint density at radius 1 is 1.03 bits per heavy atom. The van der Waals surface area contributed by atoms with Crippen LogP contribution < -0.4 is 10.6 Å². The molecule has 0 unspecified atom stereocenters. The summed E-state index contributed by atoms with van der Waals surface area (Å²) in [5.74, 6) is 1.98. The van der Waals surface area contributed by atoms with E-state index >= 15 is 0 Å². The van der Waals surface area contributed by atoms with Gasteiger partial charge in [0.05, 0.1) is 19.6 Å². The third kappa shape index (κ3) is 6.97. The number of hydrogen-bond donors (Lipinski definition) is 2. The second-order valence-electron chi connectivity index (χ2n) is 8.78. The van der Waals surface area contributed by atoms with Crippen LogP contribution in [0.3, 0.4) is 0 Å². The minimum absolute atomic E-state index is 0.0358. The number of terminal acetylenes is 1. The van der Waals surface area contributed by atoms with Crippen LogP contribution >= 0.6 is 11.9 Å². The highest BCUT2D eigenvalue weighted by Gasteiger charge is 2.32. The van der Waals surface area contributed by atoms with Gasteiger partial charge in [-0.05, 0) is 42.0 Å². The van der Waals surface area contributed by atoms with E-state index in [1.54, 1.807) is 0 Å². The first-order chi connectivity index (χ1) is 16.1. The summed E-state index contributed by atoms with van der Waals surface area (Å²) in [4.78, 5) is 26.7. The average Bonchev–Trinajstić information content (AvgIpc) is 3.66. The fourth-order valence-corrected chi connectivity index (χ4v) is 5.55. The van der Waals surface area contributed by atoms with E-state index < -0.39 is 0 Å². The van der Waals surface area contributed by atoms with E-state index in [2.05, 4.69) is 68.2 Å². The molecule has 2 aromatic carbocycles. The third-order valence-corrected chi connectivity index (χ3v) is 7.65. The highest BCUT2D eigenvalue weighted by Crippen LogP contribution is 2.38. The molecular weight excluding hydrogens is 432 g/mol. The second kappa shape index (κ2) is 11.6. The normalized spacial score (nSPS) is 17.1. The molecule has 0 atom stereocenters. The minimum Gasteiger partial charge on any atom is -0.346 e. The van der Waals surface area contributed by atoms with Gasteiger partial charge in [0.15, 0.2) is 0 Å². The van der Waals surface area contributed by atoms with Crippen molar-refractivity contribution in [2.45, 2.75) is 43.5 Å². The number of carbonyl (C=O) groups is 2. The Bertz CT molecular complexity index is 1000. The van der Waals surface area contributed by atoms with Crippen molar-refractivity contribution in [3.63, 3.8) is 0 Å². The zero-order valence-corrected chi connectivity index (χ0v) is 19.8. The van der Waals surface area contributed by atoms with Gasteiger partial charge in [0.2, 0.25) is 11.8 Å². The van der Waals surface area contributed by atoms with E-state index in [1.165, 1.54) is 29.2 Å². The number of piperidine rings is 1. The van der Waals surface area contributed by atoms with Gasteiger partial charge in [-0.25, -0.2) is 4.31 Å². The SMILES string of the molecule is C#CCNC(=O)CNC(=O)CN(SC1CC1)C1CCN(Cc2cccc3ccccc23)CC1. The Morgan fingerprint density at radius 2 is 1.79 bits per heavy atom. The molecule has 2 aliphatic rings. The van der Waals surface area contributed by atoms with Crippen LogP contribution in [0.5, 0.6) is 0 Å². The minimum atomic E-state index is -0.260. The molecule has 2 amide bonds. The second-order valence-corrected chi connectivity index (χ2v) is 10.1. The molecule has 2 fully saturated rings. The number of likely N-dealkylation sites (tertiary alicyclic amines) is 1. The van der Waals surface area contributed by atoms with E-state index in [4.69, 9.17) is 6.42 Å². The van der Waals surface area contributed by atoms with E-state index in [0.717, 1.165) is 32.5 Å². The van der Waals surface area contributed by atoms with E-state index in [9.17, 15) is 9.59 Å². The molecule has 4 rings (SSSR count). The summed E-state index contributed by atoms with van der Waals surface area (Å²) in [6.07, 6.45) is 9.67. The lowest BCUT2D eigenvalue weighted by atomic mass is 10.0. The number of nitrogens with one attached hydrogen (secondary N) is 2. The Labute approximate surface area is 200 Å². The fraction of sp³-hybridized carbons (Fsp3) is 0.462. The molecular formula is C26H32N4O2S. The predicted molar refractivity (Wildman–Crippen MR) is 134 cm³/mol. The van der Waals surface area contributed by atoms with Crippen molar-refractivity contribution < 1.29 is 9.59 Å². The molecule has 1 heterocycles. The summed E-state index contributed by atoms with van der Waals surface area (Å²) in [6.45, 7) is 3.45. The highest BCUT2D eigenvalue weighted by molar-refractivity contribution is 7.97. The van der Waals surface area contributed by atoms with Gasteiger partial charge in [-0.1, -0.05) is 60.3 Å². The summed E-state index contributed by atoms with van der Waals surface area (Å²) in [5, 5.41) is 8.54. The van der Waals surface area contributed by atoms with Crippen molar-refractivity contribution in [3.05, 3.63) is 48.0 Å². The number of nitrogens with zero attached hydrogens (tertiary/aromatic N) is 2. The van der Waals surface area contributed by atoms with Gasteiger partial charge in [0.25, 0.3) is 0 Å². The molecule has 1 saturated carbocycles. The Balaban J connectivity index is 1.28. The molecule has 0 bridgehead atoms.